The summed E-state index contributed by atoms with van der Waals surface area (Å²) in [5.41, 5.74) is 7.56. The zero-order chi connectivity index (χ0) is 13.1. The van der Waals surface area contributed by atoms with Gasteiger partial charge in [0.05, 0.1) is 7.14 Å². The van der Waals surface area contributed by atoms with Gasteiger partial charge in [-0.2, -0.15) is 0 Å². The van der Waals surface area contributed by atoms with E-state index in [9.17, 15) is 9.13 Å². The molecule has 17 heavy (non-hydrogen) atoms. The van der Waals surface area contributed by atoms with E-state index in [1.807, 2.05) is 6.07 Å². The Kier molecular flexibility index (Phi) is 4.21. The topological polar surface area (TPSA) is 82.9 Å². The van der Waals surface area contributed by atoms with Crippen molar-refractivity contribution in [1.29, 1.82) is 0 Å². The lowest BCUT2D eigenvalue weighted by Crippen LogP contribution is -2.14. The van der Waals surface area contributed by atoms with E-state index >= 15 is 0 Å². The Bertz CT molecular complexity index is 532. The first-order valence-electron chi connectivity index (χ1n) is 5.02. The molecule has 0 fully saturated rings. The number of azide groups is 1. The largest absolute Gasteiger partial charge is 0.323 e. The highest BCUT2D eigenvalue weighted by atomic mass is 31.2. The summed E-state index contributed by atoms with van der Waals surface area (Å²) in [6.07, 6.45) is 0. The van der Waals surface area contributed by atoms with Crippen LogP contribution in [0.3, 0.4) is 0 Å². The van der Waals surface area contributed by atoms with Crippen LogP contribution in [0, 0.1) is 0 Å². The first-order valence-corrected chi connectivity index (χ1v) is 9.91. The number of nitrogens with zero attached hydrogens (tertiary/aromatic N) is 3. The predicted molar refractivity (Wildman–Crippen MR) is 72.0 cm³/mol. The van der Waals surface area contributed by atoms with Crippen LogP contribution in [0.25, 0.3) is 10.4 Å². The normalized spacial score (nSPS) is 16.6. The summed E-state index contributed by atoms with van der Waals surface area (Å²) < 4.78 is 24.8. The van der Waals surface area contributed by atoms with Gasteiger partial charge in [-0.25, -0.2) is 0 Å². The van der Waals surface area contributed by atoms with Crippen molar-refractivity contribution in [2.24, 2.45) is 5.11 Å². The van der Waals surface area contributed by atoms with Gasteiger partial charge in [0.1, 0.15) is 12.7 Å². The molecular formula is C10H15N3O2P2. The molecule has 1 rings (SSSR count). The molecule has 2 atom stereocenters. The first kappa shape index (κ1) is 14.1. The molecule has 0 saturated heterocycles. The van der Waals surface area contributed by atoms with Gasteiger partial charge in [0.2, 0.25) is 0 Å². The van der Waals surface area contributed by atoms with Crippen molar-refractivity contribution < 1.29 is 9.13 Å². The van der Waals surface area contributed by atoms with Crippen molar-refractivity contribution in [1.82, 2.24) is 0 Å². The van der Waals surface area contributed by atoms with E-state index in [2.05, 4.69) is 10.0 Å². The number of hydrogen-bond acceptors (Lipinski definition) is 3. The van der Waals surface area contributed by atoms with Crippen LogP contribution >= 0.6 is 14.3 Å². The van der Waals surface area contributed by atoms with Crippen molar-refractivity contribution in [3.63, 3.8) is 0 Å². The third kappa shape index (κ3) is 3.23. The zero-order valence-electron chi connectivity index (χ0n) is 10.0. The molecule has 2 unspecified atom stereocenters. The first-order chi connectivity index (χ1) is 7.80. The van der Waals surface area contributed by atoms with Gasteiger partial charge in [-0.15, -0.1) is 0 Å². The average molecular weight is 271 g/mol. The van der Waals surface area contributed by atoms with Crippen molar-refractivity contribution in [3.05, 3.63) is 40.8 Å². The zero-order valence-corrected chi connectivity index (χ0v) is 11.8. The lowest BCUT2D eigenvalue weighted by molar-refractivity contribution is 0.569. The van der Waals surface area contributed by atoms with Crippen LogP contribution in [0.4, 0.5) is 0 Å². The van der Waals surface area contributed by atoms with E-state index < -0.39 is 19.8 Å². The molecule has 0 N–H and O–H groups in total. The highest BCUT2D eigenvalue weighted by Crippen LogP contribution is 2.62. The molecule has 0 aliphatic carbocycles. The van der Waals surface area contributed by atoms with E-state index in [0.717, 1.165) is 0 Å². The lowest BCUT2D eigenvalue weighted by Gasteiger charge is -2.24. The Morgan fingerprint density at radius 3 is 2.12 bits per heavy atom. The van der Waals surface area contributed by atoms with Gasteiger partial charge in [0, 0.05) is 10.2 Å². The van der Waals surface area contributed by atoms with Crippen molar-refractivity contribution >= 4 is 19.6 Å². The van der Waals surface area contributed by atoms with Gasteiger partial charge in [0.15, 0.2) is 0 Å². The molecule has 1 aromatic carbocycles. The average Bonchev–Trinajstić information content (AvgIpc) is 2.25. The molecule has 0 bridgehead atoms. The predicted octanol–water partition coefficient (Wildman–Crippen LogP) is 3.52. The Hall–Kier alpha value is -1.01. The SMILES string of the molecule is CP(C)(=O)C(N=[N+]=[N-])P(C)(=O)c1ccccc1. The molecule has 0 aliphatic heterocycles. The maximum atomic E-state index is 12.7. The minimum Gasteiger partial charge on any atom is -0.323 e. The summed E-state index contributed by atoms with van der Waals surface area (Å²) in [5.74, 6) is 0. The van der Waals surface area contributed by atoms with Crippen LogP contribution in [0.15, 0.2) is 35.4 Å². The molecule has 0 amide bonds. The maximum Gasteiger partial charge on any atom is 0.147 e. The Morgan fingerprint density at radius 2 is 1.71 bits per heavy atom. The van der Waals surface area contributed by atoms with Crippen LogP contribution in [0.5, 0.6) is 0 Å². The molecule has 0 radical (unpaired) electrons. The molecule has 5 nitrogen and oxygen atoms in total. The van der Waals surface area contributed by atoms with E-state index in [-0.39, 0.29) is 0 Å². The molecule has 92 valence electrons. The van der Waals surface area contributed by atoms with Gasteiger partial charge in [0.25, 0.3) is 0 Å². The van der Waals surface area contributed by atoms with Crippen LogP contribution < -0.4 is 5.30 Å². The fourth-order valence-corrected chi connectivity index (χ4v) is 7.87. The highest BCUT2D eigenvalue weighted by molar-refractivity contribution is 7.84. The second-order valence-electron chi connectivity index (χ2n) is 4.31. The third-order valence-corrected chi connectivity index (χ3v) is 8.93. The maximum absolute atomic E-state index is 12.7. The molecule has 0 aromatic heterocycles. The third-order valence-electron chi connectivity index (χ3n) is 2.42. The Balaban J connectivity index is 3.33. The van der Waals surface area contributed by atoms with Crippen molar-refractivity contribution in [2.75, 3.05) is 20.0 Å². The molecule has 7 heteroatoms. The van der Waals surface area contributed by atoms with Crippen LogP contribution in [-0.2, 0) is 9.13 Å². The summed E-state index contributed by atoms with van der Waals surface area (Å²) in [6.45, 7) is 4.50. The summed E-state index contributed by atoms with van der Waals surface area (Å²) in [4.78, 5) is 2.67. The van der Waals surface area contributed by atoms with E-state index in [1.165, 1.54) is 20.0 Å². The molecule has 0 aliphatic rings. The van der Waals surface area contributed by atoms with Crippen molar-refractivity contribution in [2.45, 2.75) is 5.52 Å². The summed E-state index contributed by atoms with van der Waals surface area (Å²) in [6, 6.07) is 8.74. The second kappa shape index (κ2) is 5.10. The monoisotopic (exact) mass is 271 g/mol. The number of hydrogen-bond donors (Lipinski definition) is 0. The molecule has 0 heterocycles. The van der Waals surface area contributed by atoms with Gasteiger partial charge >= 0.3 is 0 Å². The molecule has 0 saturated carbocycles. The Morgan fingerprint density at radius 1 is 1.18 bits per heavy atom. The van der Waals surface area contributed by atoms with Gasteiger partial charge in [-0.05, 0) is 25.5 Å². The summed E-state index contributed by atoms with van der Waals surface area (Å²) in [5, 5.41) is 4.08. The Labute approximate surface area is 101 Å². The summed E-state index contributed by atoms with van der Waals surface area (Å²) in [7, 11) is -5.74. The van der Waals surface area contributed by atoms with Crippen LogP contribution in [-0.4, -0.2) is 25.5 Å². The van der Waals surface area contributed by atoms with Gasteiger partial charge < -0.3 is 9.13 Å². The van der Waals surface area contributed by atoms with Crippen LogP contribution in [0.2, 0.25) is 0 Å². The molecular weight excluding hydrogens is 256 g/mol. The van der Waals surface area contributed by atoms with Crippen molar-refractivity contribution in [3.8, 4) is 0 Å². The summed E-state index contributed by atoms with van der Waals surface area (Å²) >= 11 is 0. The quantitative estimate of drug-likeness (QED) is 0.363. The minimum absolute atomic E-state index is 0.585. The van der Waals surface area contributed by atoms with Crippen LogP contribution in [0.1, 0.15) is 0 Å². The van der Waals surface area contributed by atoms with E-state index in [0.29, 0.717) is 5.30 Å². The lowest BCUT2D eigenvalue weighted by atomic mass is 10.4. The fourth-order valence-electron chi connectivity index (χ4n) is 1.66. The second-order valence-corrected chi connectivity index (χ2v) is 11.1. The standard InChI is InChI=1S/C10H15N3O2P2/c1-16(2,14)10(12-13-11)17(3,15)9-7-5-4-6-8-9/h4-8,10H,1-3H3. The molecule has 0 spiro atoms. The smallest absolute Gasteiger partial charge is 0.147 e. The van der Waals surface area contributed by atoms with E-state index in [1.54, 1.807) is 24.3 Å². The van der Waals surface area contributed by atoms with E-state index in [4.69, 9.17) is 5.53 Å². The fraction of sp³-hybridized carbons (Fsp3) is 0.400. The minimum atomic E-state index is -2.98. The highest BCUT2D eigenvalue weighted by Gasteiger charge is 2.37. The van der Waals surface area contributed by atoms with Gasteiger partial charge in [-0.3, -0.25) is 0 Å². The van der Waals surface area contributed by atoms with Gasteiger partial charge in [-0.1, -0.05) is 35.4 Å². The number of rotatable bonds is 4. The number of benzene rings is 1. The molecule has 1 aromatic rings.